The average Bonchev–Trinajstić information content (AvgIpc) is 2.50. The number of halogens is 2. The third-order valence-corrected chi connectivity index (χ3v) is 3.15. The van der Waals surface area contributed by atoms with E-state index in [1.54, 1.807) is 0 Å². The second-order valence-corrected chi connectivity index (χ2v) is 6.03. The van der Waals surface area contributed by atoms with Crippen LogP contribution in [0.15, 0.2) is 22.7 Å². The molecule has 24 heavy (non-hydrogen) atoms. The van der Waals surface area contributed by atoms with Gasteiger partial charge in [-0.05, 0) is 40.0 Å². The summed E-state index contributed by atoms with van der Waals surface area (Å²) in [4.78, 5) is 34.2. The number of esters is 1. The van der Waals surface area contributed by atoms with Crippen molar-refractivity contribution < 1.29 is 28.2 Å². The van der Waals surface area contributed by atoms with Crippen LogP contribution in [0.1, 0.15) is 13.8 Å². The molecule has 0 fully saturated rings. The van der Waals surface area contributed by atoms with Gasteiger partial charge in [0.1, 0.15) is 11.6 Å². The SMILES string of the molecule is CC(C)CNC(=O)NC(=O)COC(=O)COc1ccc(F)cc1Br. The fourth-order valence-corrected chi connectivity index (χ4v) is 1.89. The first-order chi connectivity index (χ1) is 11.3. The number of carbonyl (C=O) groups is 3. The van der Waals surface area contributed by atoms with Crippen molar-refractivity contribution in [1.29, 1.82) is 0 Å². The highest BCUT2D eigenvalue weighted by Crippen LogP contribution is 2.25. The molecule has 0 aliphatic rings. The van der Waals surface area contributed by atoms with Crippen LogP contribution < -0.4 is 15.4 Å². The van der Waals surface area contributed by atoms with Crippen LogP contribution in [-0.2, 0) is 14.3 Å². The van der Waals surface area contributed by atoms with Crippen LogP contribution in [0.25, 0.3) is 0 Å². The van der Waals surface area contributed by atoms with E-state index in [9.17, 15) is 18.8 Å². The van der Waals surface area contributed by atoms with Crippen LogP contribution in [-0.4, -0.2) is 37.7 Å². The third-order valence-electron chi connectivity index (χ3n) is 2.53. The van der Waals surface area contributed by atoms with E-state index in [4.69, 9.17) is 4.74 Å². The van der Waals surface area contributed by atoms with Gasteiger partial charge in [-0.2, -0.15) is 0 Å². The monoisotopic (exact) mass is 404 g/mol. The van der Waals surface area contributed by atoms with Crippen molar-refractivity contribution in [1.82, 2.24) is 10.6 Å². The van der Waals surface area contributed by atoms with Crippen molar-refractivity contribution in [3.8, 4) is 5.75 Å². The van der Waals surface area contributed by atoms with Gasteiger partial charge in [-0.25, -0.2) is 14.0 Å². The summed E-state index contributed by atoms with van der Waals surface area (Å²) < 4.78 is 23.1. The lowest BCUT2D eigenvalue weighted by Gasteiger charge is -2.10. The highest BCUT2D eigenvalue weighted by atomic mass is 79.9. The Morgan fingerprint density at radius 2 is 1.96 bits per heavy atom. The molecule has 0 saturated carbocycles. The molecule has 7 nitrogen and oxygen atoms in total. The Labute approximate surface area is 147 Å². The number of ether oxygens (including phenoxy) is 2. The number of carbonyl (C=O) groups excluding carboxylic acids is 3. The maximum Gasteiger partial charge on any atom is 0.344 e. The van der Waals surface area contributed by atoms with E-state index in [0.717, 1.165) is 0 Å². The molecule has 0 bridgehead atoms. The third kappa shape index (κ3) is 7.91. The van der Waals surface area contributed by atoms with E-state index in [1.165, 1.54) is 18.2 Å². The quantitative estimate of drug-likeness (QED) is 0.677. The topological polar surface area (TPSA) is 93.7 Å². The Bertz CT molecular complexity index is 610. The molecule has 1 aromatic carbocycles. The van der Waals surface area contributed by atoms with E-state index in [2.05, 4.69) is 26.0 Å². The van der Waals surface area contributed by atoms with Crippen molar-refractivity contribution >= 4 is 33.8 Å². The average molecular weight is 405 g/mol. The molecule has 0 aliphatic carbocycles. The van der Waals surface area contributed by atoms with Crippen molar-refractivity contribution in [2.45, 2.75) is 13.8 Å². The molecule has 1 rings (SSSR count). The molecule has 0 heterocycles. The second kappa shape index (κ2) is 9.86. The summed E-state index contributed by atoms with van der Waals surface area (Å²) in [5.41, 5.74) is 0. The van der Waals surface area contributed by atoms with Crippen LogP contribution in [0.3, 0.4) is 0 Å². The smallest absolute Gasteiger partial charge is 0.344 e. The largest absolute Gasteiger partial charge is 0.481 e. The number of benzene rings is 1. The van der Waals surface area contributed by atoms with Gasteiger partial charge in [-0.3, -0.25) is 10.1 Å². The molecule has 0 aromatic heterocycles. The van der Waals surface area contributed by atoms with Crippen molar-refractivity contribution in [2.75, 3.05) is 19.8 Å². The van der Waals surface area contributed by atoms with Crippen LogP contribution >= 0.6 is 15.9 Å². The highest BCUT2D eigenvalue weighted by Gasteiger charge is 2.12. The summed E-state index contributed by atoms with van der Waals surface area (Å²) in [6.07, 6.45) is 0. The maximum atomic E-state index is 12.9. The number of hydrogen-bond acceptors (Lipinski definition) is 5. The van der Waals surface area contributed by atoms with Crippen molar-refractivity contribution in [3.05, 3.63) is 28.5 Å². The number of urea groups is 1. The number of rotatable bonds is 7. The van der Waals surface area contributed by atoms with Gasteiger partial charge in [0.05, 0.1) is 4.47 Å². The van der Waals surface area contributed by atoms with Gasteiger partial charge in [0.25, 0.3) is 5.91 Å². The predicted molar refractivity (Wildman–Crippen MR) is 86.9 cm³/mol. The minimum atomic E-state index is -0.802. The van der Waals surface area contributed by atoms with Gasteiger partial charge in [0, 0.05) is 6.54 Å². The Morgan fingerprint density at radius 1 is 1.25 bits per heavy atom. The zero-order valence-corrected chi connectivity index (χ0v) is 14.8. The van der Waals surface area contributed by atoms with Crippen LogP contribution in [0, 0.1) is 11.7 Å². The van der Waals surface area contributed by atoms with Gasteiger partial charge in [0.2, 0.25) is 0 Å². The highest BCUT2D eigenvalue weighted by molar-refractivity contribution is 9.10. The molecule has 2 N–H and O–H groups in total. The van der Waals surface area contributed by atoms with E-state index in [-0.39, 0.29) is 11.7 Å². The molecule has 0 aliphatic heterocycles. The van der Waals surface area contributed by atoms with E-state index in [0.29, 0.717) is 11.0 Å². The lowest BCUT2D eigenvalue weighted by Crippen LogP contribution is -2.42. The molecule has 1 aromatic rings. The normalized spacial score (nSPS) is 10.2. The number of imide groups is 1. The second-order valence-electron chi connectivity index (χ2n) is 5.18. The first-order valence-corrected chi connectivity index (χ1v) is 7.88. The summed E-state index contributed by atoms with van der Waals surface area (Å²) in [7, 11) is 0. The fourth-order valence-electron chi connectivity index (χ4n) is 1.42. The van der Waals surface area contributed by atoms with Crippen molar-refractivity contribution in [2.24, 2.45) is 5.92 Å². The minimum absolute atomic E-state index is 0.242. The number of amides is 3. The zero-order chi connectivity index (χ0) is 18.1. The summed E-state index contributed by atoms with van der Waals surface area (Å²) in [6.45, 7) is 3.16. The van der Waals surface area contributed by atoms with Gasteiger partial charge < -0.3 is 14.8 Å². The Balaban J connectivity index is 2.28. The molecule has 0 atom stereocenters. The van der Waals surface area contributed by atoms with Crippen LogP contribution in [0.4, 0.5) is 9.18 Å². The molecule has 9 heteroatoms. The van der Waals surface area contributed by atoms with E-state index >= 15 is 0 Å². The number of hydrogen-bond donors (Lipinski definition) is 2. The van der Waals surface area contributed by atoms with Crippen LogP contribution in [0.2, 0.25) is 0 Å². The summed E-state index contributed by atoms with van der Waals surface area (Å²) in [5.74, 6) is -1.52. The molecule has 0 spiro atoms. The van der Waals surface area contributed by atoms with E-state index in [1.807, 2.05) is 19.2 Å². The van der Waals surface area contributed by atoms with Gasteiger partial charge in [0.15, 0.2) is 13.2 Å². The number of nitrogens with one attached hydrogen (secondary N) is 2. The molecule has 132 valence electrons. The Hall–Kier alpha value is -2.16. The molecule has 3 amide bonds. The maximum absolute atomic E-state index is 12.9. The van der Waals surface area contributed by atoms with E-state index < -0.39 is 36.9 Å². The van der Waals surface area contributed by atoms with Gasteiger partial charge >= 0.3 is 12.0 Å². The summed E-state index contributed by atoms with van der Waals surface area (Å²) >= 11 is 3.09. The first-order valence-electron chi connectivity index (χ1n) is 7.09. The fraction of sp³-hybridized carbons (Fsp3) is 0.400. The predicted octanol–water partition coefficient (Wildman–Crippen LogP) is 1.99. The Morgan fingerprint density at radius 3 is 2.58 bits per heavy atom. The first kappa shape index (κ1) is 19.9. The summed E-state index contributed by atoms with van der Waals surface area (Å²) in [6, 6.07) is 3.05. The molecule has 0 unspecified atom stereocenters. The molecule has 0 saturated heterocycles. The zero-order valence-electron chi connectivity index (χ0n) is 13.2. The lowest BCUT2D eigenvalue weighted by atomic mass is 10.2. The Kier molecular flexibility index (Phi) is 8.17. The molecular weight excluding hydrogens is 387 g/mol. The standard InChI is InChI=1S/C15H18BrFN2O5/c1-9(2)6-18-15(22)19-13(20)7-24-14(21)8-23-12-4-3-10(17)5-11(12)16/h3-5,9H,6-8H2,1-2H3,(H2,18,19,20,22). The van der Waals surface area contributed by atoms with Gasteiger partial charge in [-0.15, -0.1) is 0 Å². The summed E-state index contributed by atoms with van der Waals surface area (Å²) in [5, 5.41) is 4.51. The van der Waals surface area contributed by atoms with Gasteiger partial charge in [-0.1, -0.05) is 13.8 Å². The molecule has 0 radical (unpaired) electrons. The lowest BCUT2D eigenvalue weighted by molar-refractivity contribution is -0.150. The minimum Gasteiger partial charge on any atom is -0.481 e. The molecular formula is C15H18BrFN2O5. The van der Waals surface area contributed by atoms with Crippen LogP contribution in [0.5, 0.6) is 5.75 Å². The van der Waals surface area contributed by atoms with Crippen molar-refractivity contribution in [3.63, 3.8) is 0 Å².